The molecule has 1 aromatic rings. The summed E-state index contributed by atoms with van der Waals surface area (Å²) in [6.45, 7) is 12.5. The summed E-state index contributed by atoms with van der Waals surface area (Å²) in [5.74, 6) is -0.127. The van der Waals surface area contributed by atoms with E-state index in [0.717, 1.165) is 17.6 Å². The third-order valence-electron chi connectivity index (χ3n) is 3.42. The van der Waals surface area contributed by atoms with Gasteiger partial charge in [0.1, 0.15) is 5.82 Å². The van der Waals surface area contributed by atoms with Crippen molar-refractivity contribution in [2.24, 2.45) is 5.41 Å². The van der Waals surface area contributed by atoms with E-state index in [4.69, 9.17) is 0 Å². The van der Waals surface area contributed by atoms with Crippen LogP contribution in [0.1, 0.15) is 52.7 Å². The van der Waals surface area contributed by atoms with Crippen molar-refractivity contribution in [3.05, 3.63) is 52.9 Å². The molecule has 0 unspecified atom stereocenters. The topological polar surface area (TPSA) is 0 Å². The zero-order valence-corrected chi connectivity index (χ0v) is 13.0. The molecule has 0 aliphatic rings. The highest BCUT2D eigenvalue weighted by molar-refractivity contribution is 5.67. The molecular formula is C18H25F. The SMILES string of the molecule is CC=C(/C=C(\C)c1ccc(CC)cc1F)C(C)(C)C. The highest BCUT2D eigenvalue weighted by Crippen LogP contribution is 2.30. The largest absolute Gasteiger partial charge is 0.206 e. The molecule has 0 radical (unpaired) electrons. The van der Waals surface area contributed by atoms with Gasteiger partial charge in [-0.3, -0.25) is 0 Å². The van der Waals surface area contributed by atoms with Crippen LogP contribution in [0.3, 0.4) is 0 Å². The van der Waals surface area contributed by atoms with Crippen molar-refractivity contribution in [2.75, 3.05) is 0 Å². The lowest BCUT2D eigenvalue weighted by Crippen LogP contribution is -2.07. The highest BCUT2D eigenvalue weighted by Gasteiger charge is 2.15. The van der Waals surface area contributed by atoms with Gasteiger partial charge in [-0.05, 0) is 48.5 Å². The average molecular weight is 260 g/mol. The summed E-state index contributed by atoms with van der Waals surface area (Å²) < 4.78 is 14.1. The monoisotopic (exact) mass is 260 g/mol. The third kappa shape index (κ3) is 4.05. The maximum atomic E-state index is 14.1. The lowest BCUT2D eigenvalue weighted by molar-refractivity contribution is 0.516. The molecule has 0 aliphatic heterocycles. The van der Waals surface area contributed by atoms with Crippen molar-refractivity contribution in [3.8, 4) is 0 Å². The molecule has 19 heavy (non-hydrogen) atoms. The zero-order chi connectivity index (χ0) is 14.6. The summed E-state index contributed by atoms with van der Waals surface area (Å²) in [5.41, 5.74) is 4.01. The fraction of sp³-hybridized carbons (Fsp3) is 0.444. The number of halogens is 1. The van der Waals surface area contributed by atoms with Gasteiger partial charge in [0.05, 0.1) is 0 Å². The molecule has 0 nitrogen and oxygen atoms in total. The van der Waals surface area contributed by atoms with Crippen molar-refractivity contribution >= 4 is 5.57 Å². The first-order chi connectivity index (χ1) is 8.79. The molecule has 0 spiro atoms. The highest BCUT2D eigenvalue weighted by atomic mass is 19.1. The maximum Gasteiger partial charge on any atom is 0.130 e. The molecule has 104 valence electrons. The summed E-state index contributed by atoms with van der Waals surface area (Å²) in [7, 11) is 0. The molecule has 0 fully saturated rings. The average Bonchev–Trinajstić information content (AvgIpc) is 2.33. The molecule has 0 saturated carbocycles. The van der Waals surface area contributed by atoms with Crippen LogP contribution in [-0.2, 0) is 6.42 Å². The molecule has 0 amide bonds. The minimum atomic E-state index is -0.127. The Balaban J connectivity index is 3.16. The van der Waals surface area contributed by atoms with E-state index in [9.17, 15) is 4.39 Å². The van der Waals surface area contributed by atoms with E-state index in [1.54, 1.807) is 6.07 Å². The van der Waals surface area contributed by atoms with Crippen molar-refractivity contribution in [3.63, 3.8) is 0 Å². The minimum absolute atomic E-state index is 0.0792. The summed E-state index contributed by atoms with van der Waals surface area (Å²) >= 11 is 0. The Morgan fingerprint density at radius 3 is 2.32 bits per heavy atom. The fourth-order valence-corrected chi connectivity index (χ4v) is 2.14. The number of hydrogen-bond acceptors (Lipinski definition) is 0. The van der Waals surface area contributed by atoms with E-state index in [-0.39, 0.29) is 11.2 Å². The van der Waals surface area contributed by atoms with Crippen LogP contribution in [0.4, 0.5) is 4.39 Å². The third-order valence-corrected chi connectivity index (χ3v) is 3.42. The lowest BCUT2D eigenvalue weighted by Gasteiger charge is -2.21. The Labute approximate surface area is 117 Å². The van der Waals surface area contributed by atoms with Crippen molar-refractivity contribution in [1.82, 2.24) is 0 Å². The van der Waals surface area contributed by atoms with Gasteiger partial charge in [0.15, 0.2) is 0 Å². The zero-order valence-electron chi connectivity index (χ0n) is 13.0. The van der Waals surface area contributed by atoms with Crippen LogP contribution in [0.2, 0.25) is 0 Å². The van der Waals surface area contributed by atoms with Crippen LogP contribution in [0, 0.1) is 11.2 Å². The lowest BCUT2D eigenvalue weighted by atomic mass is 9.84. The summed E-state index contributed by atoms with van der Waals surface area (Å²) in [4.78, 5) is 0. The molecule has 0 N–H and O–H groups in total. The molecule has 1 heteroatoms. The fourth-order valence-electron chi connectivity index (χ4n) is 2.14. The minimum Gasteiger partial charge on any atom is -0.206 e. The Kier molecular flexibility index (Phi) is 5.11. The molecule has 1 aromatic carbocycles. The van der Waals surface area contributed by atoms with Crippen LogP contribution in [-0.4, -0.2) is 0 Å². The second kappa shape index (κ2) is 6.18. The van der Waals surface area contributed by atoms with Crippen LogP contribution in [0.15, 0.2) is 35.9 Å². The van der Waals surface area contributed by atoms with Crippen molar-refractivity contribution in [2.45, 2.75) is 48.0 Å². The van der Waals surface area contributed by atoms with Gasteiger partial charge in [-0.1, -0.05) is 52.0 Å². The number of aryl methyl sites for hydroxylation is 1. The second-order valence-corrected chi connectivity index (χ2v) is 5.99. The Morgan fingerprint density at radius 2 is 1.89 bits per heavy atom. The smallest absolute Gasteiger partial charge is 0.130 e. The van der Waals surface area contributed by atoms with Gasteiger partial charge in [-0.15, -0.1) is 0 Å². The Bertz CT molecular complexity index is 499. The van der Waals surface area contributed by atoms with E-state index < -0.39 is 0 Å². The number of allylic oxidation sites excluding steroid dienone is 4. The molecule has 0 atom stereocenters. The molecule has 0 bridgehead atoms. The standard InChI is InChI=1S/C18H25F/c1-7-14-9-10-16(17(19)12-14)13(3)11-15(8-2)18(4,5)6/h8-12H,7H2,1-6H3/b13-11+,15-8?. The van der Waals surface area contributed by atoms with Crippen LogP contribution in [0.5, 0.6) is 0 Å². The summed E-state index contributed by atoms with van der Waals surface area (Å²) in [6.07, 6.45) is 5.05. The van der Waals surface area contributed by atoms with Crippen LogP contribution >= 0.6 is 0 Å². The van der Waals surface area contributed by atoms with E-state index in [1.165, 1.54) is 5.57 Å². The first kappa shape index (κ1) is 15.7. The molecular weight excluding hydrogens is 235 g/mol. The maximum absolute atomic E-state index is 14.1. The summed E-state index contributed by atoms with van der Waals surface area (Å²) in [5, 5.41) is 0. The number of benzene rings is 1. The van der Waals surface area contributed by atoms with Crippen LogP contribution < -0.4 is 0 Å². The first-order valence-electron chi connectivity index (χ1n) is 6.93. The predicted molar refractivity (Wildman–Crippen MR) is 82.6 cm³/mol. The summed E-state index contributed by atoms with van der Waals surface area (Å²) in [6, 6.07) is 5.53. The molecule has 0 heterocycles. The second-order valence-electron chi connectivity index (χ2n) is 5.99. The van der Waals surface area contributed by atoms with Crippen molar-refractivity contribution in [1.29, 1.82) is 0 Å². The van der Waals surface area contributed by atoms with Gasteiger partial charge >= 0.3 is 0 Å². The van der Waals surface area contributed by atoms with Gasteiger partial charge in [0, 0.05) is 5.56 Å². The number of rotatable bonds is 3. The van der Waals surface area contributed by atoms with E-state index in [2.05, 4.69) is 32.9 Å². The number of hydrogen-bond donors (Lipinski definition) is 0. The van der Waals surface area contributed by atoms with E-state index in [1.807, 2.05) is 32.9 Å². The normalized spacial score (nSPS) is 13.8. The van der Waals surface area contributed by atoms with Crippen LogP contribution in [0.25, 0.3) is 5.57 Å². The Hall–Kier alpha value is -1.37. The van der Waals surface area contributed by atoms with E-state index >= 15 is 0 Å². The quantitative estimate of drug-likeness (QED) is 0.604. The molecule has 0 aliphatic carbocycles. The van der Waals surface area contributed by atoms with Crippen molar-refractivity contribution < 1.29 is 4.39 Å². The van der Waals surface area contributed by atoms with Gasteiger partial charge in [0.2, 0.25) is 0 Å². The first-order valence-corrected chi connectivity index (χ1v) is 6.93. The van der Waals surface area contributed by atoms with Gasteiger partial charge in [0.25, 0.3) is 0 Å². The van der Waals surface area contributed by atoms with Gasteiger partial charge in [-0.25, -0.2) is 4.39 Å². The van der Waals surface area contributed by atoms with Gasteiger partial charge in [-0.2, -0.15) is 0 Å². The Morgan fingerprint density at radius 1 is 1.26 bits per heavy atom. The molecule has 0 saturated heterocycles. The van der Waals surface area contributed by atoms with E-state index in [0.29, 0.717) is 5.56 Å². The predicted octanol–water partition coefficient (Wildman–Crippen LogP) is 5.78. The molecule has 1 rings (SSSR count). The van der Waals surface area contributed by atoms with Gasteiger partial charge < -0.3 is 0 Å². The molecule has 0 aromatic heterocycles.